The molecule has 1 N–H and O–H groups in total. The third-order valence-corrected chi connectivity index (χ3v) is 6.39. The van der Waals surface area contributed by atoms with Gasteiger partial charge in [-0.25, -0.2) is 4.99 Å². The molecule has 2 atom stereocenters. The van der Waals surface area contributed by atoms with Gasteiger partial charge in [-0.2, -0.15) is 0 Å². The zero-order chi connectivity index (χ0) is 19.5. The van der Waals surface area contributed by atoms with Gasteiger partial charge in [-0.3, -0.25) is 0 Å². The molecule has 0 saturated heterocycles. The third-order valence-electron chi connectivity index (χ3n) is 6.39. The van der Waals surface area contributed by atoms with E-state index in [9.17, 15) is 5.21 Å². The van der Waals surface area contributed by atoms with E-state index >= 15 is 0 Å². The van der Waals surface area contributed by atoms with Crippen molar-refractivity contribution in [2.24, 2.45) is 4.99 Å². The molecule has 0 aromatic carbocycles. The lowest BCUT2D eigenvalue weighted by molar-refractivity contribution is -0.931. The monoisotopic (exact) mass is 366 g/mol. The van der Waals surface area contributed by atoms with Crippen LogP contribution in [0.2, 0.25) is 0 Å². The van der Waals surface area contributed by atoms with E-state index in [1.807, 2.05) is 27.7 Å². The van der Waals surface area contributed by atoms with E-state index in [1.165, 1.54) is 83.5 Å². The van der Waals surface area contributed by atoms with Gasteiger partial charge in [0.05, 0.1) is 5.71 Å². The van der Waals surface area contributed by atoms with Crippen LogP contribution in [0.3, 0.4) is 0 Å². The van der Waals surface area contributed by atoms with E-state index in [0.29, 0.717) is 5.06 Å². The molecule has 154 valence electrons. The van der Waals surface area contributed by atoms with Gasteiger partial charge in [-0.05, 0) is 27.2 Å². The highest BCUT2D eigenvalue weighted by Gasteiger charge is 2.47. The molecule has 26 heavy (non-hydrogen) atoms. The van der Waals surface area contributed by atoms with Crippen LogP contribution in [0.25, 0.3) is 0 Å². The van der Waals surface area contributed by atoms with Crippen LogP contribution >= 0.6 is 0 Å². The van der Waals surface area contributed by atoms with Gasteiger partial charge in [0.2, 0.25) is 0 Å². The topological polar surface area (TPSA) is 39.9 Å². The van der Waals surface area contributed by atoms with Crippen molar-refractivity contribution < 1.29 is 5.06 Å². The van der Waals surface area contributed by atoms with Gasteiger partial charge in [0.15, 0.2) is 5.66 Å². The van der Waals surface area contributed by atoms with Crippen molar-refractivity contribution in [3.63, 3.8) is 0 Å². The molecule has 0 spiro atoms. The second kappa shape index (κ2) is 12.1. The number of hydrogen-bond donors (Lipinski definition) is 1. The molecule has 0 aliphatic carbocycles. The van der Waals surface area contributed by atoms with Crippen LogP contribution < -0.4 is 5.06 Å². The van der Waals surface area contributed by atoms with Gasteiger partial charge in [-0.15, -0.1) is 0 Å². The van der Waals surface area contributed by atoms with Crippen LogP contribution in [-0.4, -0.2) is 16.9 Å². The van der Waals surface area contributed by atoms with Crippen LogP contribution in [0.4, 0.5) is 0 Å². The Morgan fingerprint density at radius 3 is 1.46 bits per heavy atom. The number of unbranched alkanes of at least 4 members (excludes halogenated alkanes) is 13. The Morgan fingerprint density at radius 1 is 0.731 bits per heavy atom. The number of hydroxylamine groups is 2. The van der Waals surface area contributed by atoms with Gasteiger partial charge in [0.1, 0.15) is 5.54 Å². The van der Waals surface area contributed by atoms with Gasteiger partial charge < -0.3 is 10.3 Å². The number of nitrogens with zero attached hydrogens (tertiary/aromatic N) is 1. The van der Waals surface area contributed by atoms with E-state index in [0.717, 1.165) is 18.6 Å². The molecule has 0 aromatic rings. The Kier molecular flexibility index (Phi) is 11.0. The highest BCUT2D eigenvalue weighted by molar-refractivity contribution is 5.90. The first-order chi connectivity index (χ1) is 12.3. The summed E-state index contributed by atoms with van der Waals surface area (Å²) in [4.78, 5) is 4.72. The molecule has 0 fully saturated rings. The highest BCUT2D eigenvalue weighted by atomic mass is 16.5. The van der Waals surface area contributed by atoms with Crippen molar-refractivity contribution in [2.45, 2.75) is 142 Å². The number of nitrogens with one attached hydrogen (secondary N) is 1. The number of quaternary nitrogens is 1. The van der Waals surface area contributed by atoms with E-state index in [1.54, 1.807) is 0 Å². The smallest absolute Gasteiger partial charge is 0.188 e. The number of aliphatic imine (C=N–C) groups is 1. The maximum Gasteiger partial charge on any atom is 0.188 e. The van der Waals surface area contributed by atoms with Crippen molar-refractivity contribution in [1.29, 1.82) is 0 Å². The van der Waals surface area contributed by atoms with Crippen molar-refractivity contribution >= 4 is 5.71 Å². The van der Waals surface area contributed by atoms with Gasteiger partial charge in [0, 0.05) is 13.3 Å². The van der Waals surface area contributed by atoms with Crippen molar-refractivity contribution in [1.82, 2.24) is 0 Å². The lowest BCUT2D eigenvalue weighted by atomic mass is 9.97. The van der Waals surface area contributed by atoms with Crippen LogP contribution in [-0.2, 0) is 0 Å². The van der Waals surface area contributed by atoms with E-state index in [-0.39, 0.29) is 5.54 Å². The summed E-state index contributed by atoms with van der Waals surface area (Å²) >= 11 is 0. The molecular weight excluding hydrogens is 320 g/mol. The molecule has 1 rings (SSSR count). The Balaban J connectivity index is 1.94. The van der Waals surface area contributed by atoms with Crippen LogP contribution in [0.15, 0.2) is 4.99 Å². The molecular formula is C23H46N2O. The first-order valence-electron chi connectivity index (χ1n) is 11.5. The van der Waals surface area contributed by atoms with Crippen molar-refractivity contribution in [3.05, 3.63) is 5.21 Å². The summed E-state index contributed by atoms with van der Waals surface area (Å²) in [5, 5.41) is 12.9. The minimum absolute atomic E-state index is 0.317. The van der Waals surface area contributed by atoms with Crippen molar-refractivity contribution in [2.75, 3.05) is 0 Å². The predicted molar refractivity (Wildman–Crippen MR) is 115 cm³/mol. The fourth-order valence-corrected chi connectivity index (χ4v) is 4.23. The first-order valence-corrected chi connectivity index (χ1v) is 11.5. The maximum absolute atomic E-state index is 12.6. The van der Waals surface area contributed by atoms with Crippen LogP contribution in [0.1, 0.15) is 131 Å². The zero-order valence-electron chi connectivity index (χ0n) is 18.5. The second-order valence-corrected chi connectivity index (χ2v) is 9.27. The van der Waals surface area contributed by atoms with E-state index in [4.69, 9.17) is 4.99 Å². The van der Waals surface area contributed by atoms with Gasteiger partial charge >= 0.3 is 0 Å². The van der Waals surface area contributed by atoms with Gasteiger partial charge in [-0.1, -0.05) is 90.4 Å². The average Bonchev–Trinajstić information content (AvgIpc) is 2.75. The summed E-state index contributed by atoms with van der Waals surface area (Å²) in [6.07, 6.45) is 20.1. The Labute approximate surface area is 163 Å². The Morgan fingerprint density at radius 2 is 1.12 bits per heavy atom. The molecule has 3 nitrogen and oxygen atoms in total. The predicted octanol–water partition coefficient (Wildman–Crippen LogP) is 6.21. The van der Waals surface area contributed by atoms with Crippen molar-refractivity contribution in [3.8, 4) is 0 Å². The largest absolute Gasteiger partial charge is 0.632 e. The Bertz CT molecular complexity index is 405. The molecule has 3 heteroatoms. The summed E-state index contributed by atoms with van der Waals surface area (Å²) in [7, 11) is 0. The van der Waals surface area contributed by atoms with Crippen LogP contribution in [0, 0.1) is 5.21 Å². The fraction of sp³-hybridized carbons (Fsp3) is 0.957. The van der Waals surface area contributed by atoms with E-state index < -0.39 is 5.66 Å². The van der Waals surface area contributed by atoms with E-state index in [2.05, 4.69) is 6.92 Å². The summed E-state index contributed by atoms with van der Waals surface area (Å²) in [6.45, 7) is 10.4. The average molecular weight is 367 g/mol. The lowest BCUT2D eigenvalue weighted by Gasteiger charge is -2.41. The molecule has 1 aliphatic rings. The molecule has 1 aliphatic heterocycles. The molecule has 0 aromatic heterocycles. The summed E-state index contributed by atoms with van der Waals surface area (Å²) in [5.41, 5.74) is 0.200. The summed E-state index contributed by atoms with van der Waals surface area (Å²) in [5.74, 6) is 0. The molecule has 0 saturated carbocycles. The quantitative estimate of drug-likeness (QED) is 0.271. The zero-order valence-corrected chi connectivity index (χ0v) is 18.5. The minimum atomic E-state index is -0.454. The van der Waals surface area contributed by atoms with Crippen LogP contribution in [0.5, 0.6) is 0 Å². The number of hydrogen-bond acceptors (Lipinski definition) is 2. The minimum Gasteiger partial charge on any atom is -0.632 e. The molecule has 0 radical (unpaired) electrons. The highest BCUT2D eigenvalue weighted by Crippen LogP contribution is 2.23. The Hall–Kier alpha value is -0.410. The standard InChI is InChI=1S/C23H46N2O/c1-6-7-8-9-10-11-12-13-14-15-16-17-18-19-20-23(5)24-21(2)22(3,4)25(23)26/h25H,6-20H2,1-5H3. The molecule has 1 heterocycles. The molecule has 2 unspecified atom stereocenters. The maximum atomic E-state index is 12.6. The lowest BCUT2D eigenvalue weighted by Crippen LogP contribution is -3.20. The first kappa shape index (κ1) is 23.6. The number of rotatable bonds is 15. The summed E-state index contributed by atoms with van der Waals surface area (Å²) < 4.78 is 0. The molecule has 0 bridgehead atoms. The fourth-order valence-electron chi connectivity index (χ4n) is 4.23. The second-order valence-electron chi connectivity index (χ2n) is 9.27. The molecule has 0 amide bonds. The van der Waals surface area contributed by atoms with Gasteiger partial charge in [0.25, 0.3) is 0 Å². The SMILES string of the molecule is CCCCCCCCCCCCCCCCC1(C)N=C(C)C(C)(C)[NH+]1[O-]. The third kappa shape index (κ3) is 7.68. The summed E-state index contributed by atoms with van der Waals surface area (Å²) in [6, 6.07) is 0. The normalized spacial score (nSPS) is 24.8.